The molecule has 0 fully saturated rings. The second kappa shape index (κ2) is 8.24. The third-order valence-electron chi connectivity index (χ3n) is 3.68. The van der Waals surface area contributed by atoms with Crippen LogP contribution in [-0.4, -0.2) is 50.8 Å². The number of benzene rings is 1. The van der Waals surface area contributed by atoms with Gasteiger partial charge >= 0.3 is 6.18 Å². The number of nitrogens with one attached hydrogen (secondary N) is 2. The molecule has 1 aromatic carbocycles. The fraction of sp³-hybridized carbons (Fsp3) is 0.471. The molecule has 0 saturated heterocycles. The minimum Gasteiger partial charge on any atom is -0.459 e. The van der Waals surface area contributed by atoms with Crippen LogP contribution in [0.1, 0.15) is 18.7 Å². The molecule has 138 valence electrons. The summed E-state index contributed by atoms with van der Waals surface area (Å²) in [5, 5.41) is 7.20. The molecule has 5 nitrogen and oxygen atoms in total. The Hall–Kier alpha value is -2.22. The number of hydrogen-bond donors (Lipinski definition) is 2. The van der Waals surface area contributed by atoms with Gasteiger partial charge in [-0.05, 0) is 26.1 Å². The van der Waals surface area contributed by atoms with E-state index in [2.05, 4.69) is 15.6 Å². The van der Waals surface area contributed by atoms with Crippen molar-refractivity contribution in [1.29, 1.82) is 0 Å². The van der Waals surface area contributed by atoms with Crippen molar-refractivity contribution in [2.75, 3.05) is 33.7 Å². The maximum atomic E-state index is 12.3. The summed E-state index contributed by atoms with van der Waals surface area (Å²) >= 11 is 0. The lowest BCUT2D eigenvalue weighted by molar-refractivity contribution is -0.142. The number of alkyl halides is 3. The van der Waals surface area contributed by atoms with Crippen LogP contribution < -0.4 is 10.6 Å². The van der Waals surface area contributed by atoms with E-state index >= 15 is 0 Å². The zero-order valence-electron chi connectivity index (χ0n) is 14.5. The highest BCUT2D eigenvalue weighted by atomic mass is 19.4. The van der Waals surface area contributed by atoms with Crippen LogP contribution in [0.2, 0.25) is 0 Å². The number of halogens is 3. The molecule has 1 aromatic heterocycles. The van der Waals surface area contributed by atoms with Gasteiger partial charge in [-0.3, -0.25) is 9.89 Å². The van der Waals surface area contributed by atoms with Crippen LogP contribution in [0.4, 0.5) is 13.2 Å². The Morgan fingerprint density at radius 3 is 2.68 bits per heavy atom. The number of aliphatic imine (C=N–C) groups is 1. The molecule has 0 saturated carbocycles. The van der Waals surface area contributed by atoms with Gasteiger partial charge < -0.3 is 15.1 Å². The third-order valence-corrected chi connectivity index (χ3v) is 3.68. The van der Waals surface area contributed by atoms with Gasteiger partial charge in [0.05, 0.1) is 12.6 Å². The van der Waals surface area contributed by atoms with Crippen LogP contribution >= 0.6 is 0 Å². The topological polar surface area (TPSA) is 52.8 Å². The number of likely N-dealkylation sites (N-methyl/N-ethyl adjacent to an activating group) is 1. The number of para-hydroxylation sites is 1. The predicted octanol–water partition coefficient (Wildman–Crippen LogP) is 3.15. The molecule has 8 heteroatoms. The summed E-state index contributed by atoms with van der Waals surface area (Å²) in [6, 6.07) is 9.54. The minimum atomic E-state index is -4.19. The number of fused-ring (bicyclic) bond motifs is 1. The molecular formula is C17H23F3N4O. The van der Waals surface area contributed by atoms with Gasteiger partial charge in [-0.1, -0.05) is 18.2 Å². The van der Waals surface area contributed by atoms with Crippen LogP contribution in [0.15, 0.2) is 39.7 Å². The molecule has 0 radical (unpaired) electrons. The molecule has 0 amide bonds. The van der Waals surface area contributed by atoms with E-state index in [1.165, 1.54) is 11.9 Å². The molecule has 1 heterocycles. The van der Waals surface area contributed by atoms with Gasteiger partial charge in [-0.2, -0.15) is 13.2 Å². The molecule has 0 aliphatic carbocycles. The molecule has 0 aliphatic rings. The zero-order chi connectivity index (χ0) is 18.4. The Balaban J connectivity index is 1.85. The van der Waals surface area contributed by atoms with Crippen LogP contribution in [-0.2, 0) is 0 Å². The molecule has 25 heavy (non-hydrogen) atoms. The Morgan fingerprint density at radius 2 is 2.04 bits per heavy atom. The highest BCUT2D eigenvalue weighted by Crippen LogP contribution is 2.23. The largest absolute Gasteiger partial charge is 0.459 e. The Labute approximate surface area is 144 Å². The van der Waals surface area contributed by atoms with E-state index in [9.17, 15) is 13.2 Å². The normalized spacial score (nSPS) is 14.1. The number of furan rings is 1. The van der Waals surface area contributed by atoms with Gasteiger partial charge in [-0.25, -0.2) is 0 Å². The quantitative estimate of drug-likeness (QED) is 0.617. The predicted molar refractivity (Wildman–Crippen MR) is 92.7 cm³/mol. The van der Waals surface area contributed by atoms with Gasteiger partial charge in [-0.15, -0.1) is 0 Å². The lowest BCUT2D eigenvalue weighted by Crippen LogP contribution is -2.43. The minimum absolute atomic E-state index is 0.133. The Morgan fingerprint density at radius 1 is 1.32 bits per heavy atom. The summed E-state index contributed by atoms with van der Waals surface area (Å²) in [7, 11) is 3.04. The summed E-state index contributed by atoms with van der Waals surface area (Å²) < 4.78 is 42.7. The van der Waals surface area contributed by atoms with E-state index in [0.29, 0.717) is 12.5 Å². The molecule has 0 spiro atoms. The number of hydrogen-bond acceptors (Lipinski definition) is 3. The zero-order valence-corrected chi connectivity index (χ0v) is 14.5. The summed E-state index contributed by atoms with van der Waals surface area (Å²) in [5.74, 6) is 1.27. The van der Waals surface area contributed by atoms with Gasteiger partial charge in [0.2, 0.25) is 0 Å². The average Bonchev–Trinajstić information content (AvgIpc) is 2.96. The van der Waals surface area contributed by atoms with Gasteiger partial charge in [0.15, 0.2) is 5.96 Å². The van der Waals surface area contributed by atoms with E-state index in [1.54, 1.807) is 7.05 Å². The van der Waals surface area contributed by atoms with E-state index in [0.717, 1.165) is 16.7 Å². The highest BCUT2D eigenvalue weighted by Gasteiger charge is 2.28. The lowest BCUT2D eigenvalue weighted by Gasteiger charge is -2.20. The molecule has 2 rings (SSSR count). The summed E-state index contributed by atoms with van der Waals surface area (Å²) in [4.78, 5) is 5.30. The lowest BCUT2D eigenvalue weighted by atomic mass is 10.2. The van der Waals surface area contributed by atoms with Crippen LogP contribution in [0.3, 0.4) is 0 Å². The smallest absolute Gasteiger partial charge is 0.401 e. The van der Waals surface area contributed by atoms with Gasteiger partial charge in [0, 0.05) is 25.5 Å². The molecule has 0 aliphatic heterocycles. The van der Waals surface area contributed by atoms with Crippen LogP contribution in [0.5, 0.6) is 0 Å². The van der Waals surface area contributed by atoms with E-state index in [1.807, 2.05) is 37.3 Å². The summed E-state index contributed by atoms with van der Waals surface area (Å²) in [6.45, 7) is 1.59. The maximum absolute atomic E-state index is 12.3. The van der Waals surface area contributed by atoms with Crippen molar-refractivity contribution < 1.29 is 17.6 Å². The van der Waals surface area contributed by atoms with Crippen molar-refractivity contribution in [1.82, 2.24) is 15.5 Å². The second-order valence-electron chi connectivity index (χ2n) is 5.90. The number of rotatable bonds is 6. The van der Waals surface area contributed by atoms with Crippen LogP contribution in [0, 0.1) is 0 Å². The Bertz CT molecular complexity index is 678. The van der Waals surface area contributed by atoms with Crippen molar-refractivity contribution in [3.05, 3.63) is 36.1 Å². The SMILES string of the molecule is CN=C(NCCN(C)CC(F)(F)F)NC(C)c1cc2ccccc2o1. The standard InChI is InChI=1S/C17H23F3N4O/c1-12(15-10-13-6-4-5-7-14(13)25-15)23-16(21-2)22-8-9-24(3)11-17(18,19)20/h4-7,10,12H,8-9,11H2,1-3H3,(H2,21,22,23). The van der Waals surface area contributed by atoms with Crippen molar-refractivity contribution >= 4 is 16.9 Å². The summed E-state index contributed by atoms with van der Waals surface area (Å²) in [5.41, 5.74) is 0.808. The van der Waals surface area contributed by atoms with Crippen LogP contribution in [0.25, 0.3) is 11.0 Å². The van der Waals surface area contributed by atoms with E-state index in [4.69, 9.17) is 4.42 Å². The average molecular weight is 356 g/mol. The molecule has 1 unspecified atom stereocenters. The molecule has 0 bridgehead atoms. The van der Waals surface area contributed by atoms with Gasteiger partial charge in [0.1, 0.15) is 11.3 Å². The van der Waals surface area contributed by atoms with E-state index < -0.39 is 12.7 Å². The fourth-order valence-electron chi connectivity index (χ4n) is 2.44. The maximum Gasteiger partial charge on any atom is 0.401 e. The first-order valence-electron chi connectivity index (χ1n) is 7.99. The van der Waals surface area contributed by atoms with Crippen molar-refractivity contribution in [2.45, 2.75) is 19.1 Å². The molecule has 2 N–H and O–H groups in total. The third kappa shape index (κ3) is 5.97. The van der Waals surface area contributed by atoms with Gasteiger partial charge in [0.25, 0.3) is 0 Å². The highest BCUT2D eigenvalue weighted by molar-refractivity contribution is 5.81. The fourth-order valence-corrected chi connectivity index (χ4v) is 2.44. The monoisotopic (exact) mass is 356 g/mol. The van der Waals surface area contributed by atoms with Crippen molar-refractivity contribution in [3.8, 4) is 0 Å². The number of nitrogens with zero attached hydrogens (tertiary/aromatic N) is 2. The summed E-state index contributed by atoms with van der Waals surface area (Å²) in [6.07, 6.45) is -4.19. The molecule has 2 aromatic rings. The number of guanidine groups is 1. The van der Waals surface area contributed by atoms with E-state index in [-0.39, 0.29) is 12.6 Å². The first-order valence-corrected chi connectivity index (χ1v) is 7.99. The molecule has 1 atom stereocenters. The first kappa shape index (κ1) is 19.1. The first-order chi connectivity index (χ1) is 11.8. The molecular weight excluding hydrogens is 333 g/mol. The Kier molecular flexibility index (Phi) is 6.30. The van der Waals surface area contributed by atoms with Crippen molar-refractivity contribution in [2.24, 2.45) is 4.99 Å². The van der Waals surface area contributed by atoms with Crippen molar-refractivity contribution in [3.63, 3.8) is 0 Å². The second-order valence-corrected chi connectivity index (χ2v) is 5.90.